The zero-order valence-electron chi connectivity index (χ0n) is 10.3. The van der Waals surface area contributed by atoms with Crippen LogP contribution in [0.1, 0.15) is 19.8 Å². The standard InChI is InChI=1S/C13H17FN2O2/c1-13(12(15)17,16-10-5-6-10)8-18-11-4-2-3-9(14)7-11/h2-4,7,10,16H,5-6,8H2,1H3,(H2,15,17). The number of halogens is 1. The zero-order valence-corrected chi connectivity index (χ0v) is 10.3. The third-order valence-electron chi connectivity index (χ3n) is 2.97. The van der Waals surface area contributed by atoms with Gasteiger partial charge in [-0.05, 0) is 31.9 Å². The first-order valence-corrected chi connectivity index (χ1v) is 5.95. The third-order valence-corrected chi connectivity index (χ3v) is 2.97. The van der Waals surface area contributed by atoms with Crippen molar-refractivity contribution < 1.29 is 13.9 Å². The number of amides is 1. The van der Waals surface area contributed by atoms with E-state index in [1.54, 1.807) is 19.1 Å². The van der Waals surface area contributed by atoms with Gasteiger partial charge in [-0.25, -0.2) is 4.39 Å². The van der Waals surface area contributed by atoms with Crippen molar-refractivity contribution in [3.05, 3.63) is 30.1 Å². The maximum absolute atomic E-state index is 13.0. The van der Waals surface area contributed by atoms with E-state index in [0.29, 0.717) is 11.8 Å². The first-order chi connectivity index (χ1) is 8.49. The lowest BCUT2D eigenvalue weighted by Gasteiger charge is -2.27. The van der Waals surface area contributed by atoms with Gasteiger partial charge in [0.25, 0.3) is 0 Å². The second-order valence-corrected chi connectivity index (χ2v) is 4.86. The Labute approximate surface area is 105 Å². The molecule has 1 aromatic carbocycles. The quantitative estimate of drug-likeness (QED) is 0.799. The lowest BCUT2D eigenvalue weighted by Crippen LogP contribution is -2.57. The van der Waals surface area contributed by atoms with Gasteiger partial charge in [-0.2, -0.15) is 0 Å². The Bertz CT molecular complexity index is 448. The summed E-state index contributed by atoms with van der Waals surface area (Å²) in [6, 6.07) is 6.14. The van der Waals surface area contributed by atoms with Crippen LogP contribution in [0.15, 0.2) is 24.3 Å². The molecule has 18 heavy (non-hydrogen) atoms. The molecule has 0 spiro atoms. The number of carbonyl (C=O) groups excluding carboxylic acids is 1. The number of nitrogens with two attached hydrogens (primary N) is 1. The molecular formula is C13H17FN2O2. The number of hydrogen-bond donors (Lipinski definition) is 2. The van der Waals surface area contributed by atoms with E-state index in [2.05, 4.69) is 5.32 Å². The summed E-state index contributed by atoms with van der Waals surface area (Å²) in [6.07, 6.45) is 2.09. The summed E-state index contributed by atoms with van der Waals surface area (Å²) in [4.78, 5) is 11.5. The number of primary amides is 1. The molecule has 1 aliphatic rings. The summed E-state index contributed by atoms with van der Waals surface area (Å²) in [6.45, 7) is 1.79. The predicted octanol–water partition coefficient (Wildman–Crippen LogP) is 1.20. The fourth-order valence-electron chi connectivity index (χ4n) is 1.65. The predicted molar refractivity (Wildman–Crippen MR) is 65.7 cm³/mol. The Morgan fingerprint density at radius 2 is 2.33 bits per heavy atom. The van der Waals surface area contributed by atoms with E-state index in [1.807, 2.05) is 0 Å². The van der Waals surface area contributed by atoms with Gasteiger partial charge in [0.15, 0.2) is 0 Å². The second kappa shape index (κ2) is 4.94. The topological polar surface area (TPSA) is 64.3 Å². The number of benzene rings is 1. The molecule has 0 saturated heterocycles. The van der Waals surface area contributed by atoms with E-state index in [0.717, 1.165) is 12.8 Å². The maximum Gasteiger partial charge on any atom is 0.240 e. The fraction of sp³-hybridized carbons (Fsp3) is 0.462. The van der Waals surface area contributed by atoms with Gasteiger partial charge in [-0.15, -0.1) is 0 Å². The van der Waals surface area contributed by atoms with Crippen LogP contribution in [0.5, 0.6) is 5.75 Å². The highest BCUT2D eigenvalue weighted by atomic mass is 19.1. The van der Waals surface area contributed by atoms with Crippen LogP contribution in [0, 0.1) is 5.82 Å². The monoisotopic (exact) mass is 252 g/mol. The van der Waals surface area contributed by atoms with Gasteiger partial charge in [0.2, 0.25) is 5.91 Å². The number of ether oxygens (including phenoxy) is 1. The molecule has 1 amide bonds. The normalized spacial score (nSPS) is 18.1. The molecule has 1 aromatic rings. The smallest absolute Gasteiger partial charge is 0.240 e. The van der Waals surface area contributed by atoms with Crippen molar-refractivity contribution >= 4 is 5.91 Å². The van der Waals surface area contributed by atoms with E-state index in [1.165, 1.54) is 12.1 Å². The van der Waals surface area contributed by atoms with Crippen molar-refractivity contribution in [2.75, 3.05) is 6.61 Å². The van der Waals surface area contributed by atoms with E-state index in [9.17, 15) is 9.18 Å². The van der Waals surface area contributed by atoms with Gasteiger partial charge >= 0.3 is 0 Å². The van der Waals surface area contributed by atoms with Crippen LogP contribution in [0.3, 0.4) is 0 Å². The fourth-order valence-corrected chi connectivity index (χ4v) is 1.65. The highest BCUT2D eigenvalue weighted by Gasteiger charge is 2.37. The molecule has 0 bridgehead atoms. The Kier molecular flexibility index (Phi) is 3.52. The highest BCUT2D eigenvalue weighted by molar-refractivity contribution is 5.84. The van der Waals surface area contributed by atoms with Crippen molar-refractivity contribution in [2.24, 2.45) is 5.73 Å². The van der Waals surface area contributed by atoms with Crippen LogP contribution in [0.4, 0.5) is 4.39 Å². The number of rotatable bonds is 6. The van der Waals surface area contributed by atoms with E-state index in [4.69, 9.17) is 10.5 Å². The maximum atomic E-state index is 13.0. The molecule has 0 heterocycles. The molecule has 1 fully saturated rings. The van der Waals surface area contributed by atoms with E-state index >= 15 is 0 Å². The third kappa shape index (κ3) is 3.20. The zero-order chi connectivity index (χ0) is 13.2. The van der Waals surface area contributed by atoms with Crippen LogP contribution in [-0.4, -0.2) is 24.1 Å². The van der Waals surface area contributed by atoms with Crippen LogP contribution in [0.25, 0.3) is 0 Å². The SMILES string of the molecule is CC(COc1cccc(F)c1)(NC1CC1)C(N)=O. The molecule has 5 heteroatoms. The molecule has 1 unspecified atom stereocenters. The highest BCUT2D eigenvalue weighted by Crippen LogP contribution is 2.23. The Morgan fingerprint density at radius 1 is 1.61 bits per heavy atom. The molecule has 0 aromatic heterocycles. The molecule has 1 aliphatic carbocycles. The molecule has 98 valence electrons. The lowest BCUT2D eigenvalue weighted by atomic mass is 10.0. The number of nitrogens with one attached hydrogen (secondary N) is 1. The van der Waals surface area contributed by atoms with Crippen molar-refractivity contribution in [3.8, 4) is 5.75 Å². The molecule has 1 atom stereocenters. The summed E-state index contributed by atoms with van der Waals surface area (Å²) in [5.74, 6) is -0.450. The average molecular weight is 252 g/mol. The van der Waals surface area contributed by atoms with Crippen LogP contribution >= 0.6 is 0 Å². The van der Waals surface area contributed by atoms with E-state index in [-0.39, 0.29) is 12.4 Å². The Morgan fingerprint density at radius 3 is 2.89 bits per heavy atom. The molecule has 4 nitrogen and oxygen atoms in total. The van der Waals surface area contributed by atoms with Gasteiger partial charge in [-0.1, -0.05) is 6.07 Å². The first-order valence-electron chi connectivity index (χ1n) is 5.95. The summed E-state index contributed by atoms with van der Waals surface area (Å²) < 4.78 is 18.4. The average Bonchev–Trinajstić information content (AvgIpc) is 3.10. The van der Waals surface area contributed by atoms with Crippen molar-refractivity contribution in [3.63, 3.8) is 0 Å². The van der Waals surface area contributed by atoms with Crippen molar-refractivity contribution in [1.82, 2.24) is 5.32 Å². The Balaban J connectivity index is 1.98. The van der Waals surface area contributed by atoms with Gasteiger partial charge < -0.3 is 10.5 Å². The Hall–Kier alpha value is -1.62. The largest absolute Gasteiger partial charge is 0.491 e. The molecule has 3 N–H and O–H groups in total. The van der Waals surface area contributed by atoms with Crippen molar-refractivity contribution in [1.29, 1.82) is 0 Å². The minimum absolute atomic E-state index is 0.0856. The van der Waals surface area contributed by atoms with Gasteiger partial charge in [0.1, 0.15) is 23.7 Å². The summed E-state index contributed by atoms with van der Waals surface area (Å²) in [5.41, 5.74) is 4.46. The first kappa shape index (κ1) is 12.8. The molecule has 0 aliphatic heterocycles. The second-order valence-electron chi connectivity index (χ2n) is 4.86. The minimum atomic E-state index is -0.923. The number of hydrogen-bond acceptors (Lipinski definition) is 3. The van der Waals surface area contributed by atoms with Crippen molar-refractivity contribution in [2.45, 2.75) is 31.3 Å². The molecule has 2 rings (SSSR count). The summed E-state index contributed by atoms with van der Waals surface area (Å²) >= 11 is 0. The van der Waals surface area contributed by atoms with Crippen LogP contribution in [-0.2, 0) is 4.79 Å². The van der Waals surface area contributed by atoms with Gasteiger partial charge in [0.05, 0.1) is 0 Å². The van der Waals surface area contributed by atoms with E-state index < -0.39 is 11.4 Å². The molecule has 1 saturated carbocycles. The molecular weight excluding hydrogens is 235 g/mol. The summed E-state index contributed by atoms with van der Waals surface area (Å²) in [5, 5.41) is 3.16. The number of carbonyl (C=O) groups is 1. The van der Waals surface area contributed by atoms with Gasteiger partial charge in [0, 0.05) is 12.1 Å². The van der Waals surface area contributed by atoms with Crippen LogP contribution in [0.2, 0.25) is 0 Å². The minimum Gasteiger partial charge on any atom is -0.491 e. The summed E-state index contributed by atoms with van der Waals surface area (Å²) in [7, 11) is 0. The lowest BCUT2D eigenvalue weighted by molar-refractivity contribution is -0.125. The van der Waals surface area contributed by atoms with Crippen LogP contribution < -0.4 is 15.8 Å². The molecule has 0 radical (unpaired) electrons. The van der Waals surface area contributed by atoms with Gasteiger partial charge in [-0.3, -0.25) is 10.1 Å².